The number of benzene rings is 3. The predicted molar refractivity (Wildman–Crippen MR) is 125 cm³/mol. The maximum absolute atomic E-state index is 12.4. The van der Waals surface area contributed by atoms with E-state index in [1.54, 1.807) is 12.1 Å². The number of hydrogen-bond donors (Lipinski definition) is 2. The SMILES string of the molecule is O=C(CCc1ccccc1O)NCc1ccccc1-c1ccc(CN2CCCC2)cc1. The van der Waals surface area contributed by atoms with Gasteiger partial charge in [-0.2, -0.15) is 0 Å². The molecule has 4 rings (SSSR count). The molecule has 0 atom stereocenters. The highest BCUT2D eigenvalue weighted by molar-refractivity contribution is 5.77. The van der Waals surface area contributed by atoms with Gasteiger partial charge in [0.1, 0.15) is 5.75 Å². The fourth-order valence-electron chi connectivity index (χ4n) is 4.20. The maximum Gasteiger partial charge on any atom is 0.220 e. The molecule has 0 unspecified atom stereocenters. The average Bonchev–Trinajstić information content (AvgIpc) is 3.31. The Labute approximate surface area is 184 Å². The van der Waals surface area contributed by atoms with Gasteiger partial charge in [0.15, 0.2) is 0 Å². The monoisotopic (exact) mass is 414 g/mol. The summed E-state index contributed by atoms with van der Waals surface area (Å²) in [6.07, 6.45) is 3.50. The second-order valence-electron chi connectivity index (χ2n) is 8.24. The van der Waals surface area contributed by atoms with Gasteiger partial charge in [0, 0.05) is 19.5 Å². The van der Waals surface area contributed by atoms with Crippen molar-refractivity contribution in [3.05, 3.63) is 89.5 Å². The Morgan fingerprint density at radius 3 is 2.29 bits per heavy atom. The molecular weight excluding hydrogens is 384 g/mol. The number of carbonyl (C=O) groups is 1. The van der Waals surface area contributed by atoms with Crippen LogP contribution in [0.4, 0.5) is 0 Å². The van der Waals surface area contributed by atoms with Crippen LogP contribution in [0, 0.1) is 0 Å². The zero-order valence-corrected chi connectivity index (χ0v) is 17.9. The molecule has 0 aromatic heterocycles. The first-order chi connectivity index (χ1) is 15.2. The van der Waals surface area contributed by atoms with Crippen LogP contribution in [0.15, 0.2) is 72.8 Å². The summed E-state index contributed by atoms with van der Waals surface area (Å²) < 4.78 is 0. The molecule has 1 aliphatic heterocycles. The van der Waals surface area contributed by atoms with Gasteiger partial charge >= 0.3 is 0 Å². The number of amides is 1. The summed E-state index contributed by atoms with van der Waals surface area (Å²) in [5.41, 5.74) is 5.57. The lowest BCUT2D eigenvalue weighted by Crippen LogP contribution is -2.23. The summed E-state index contributed by atoms with van der Waals surface area (Å²) in [4.78, 5) is 14.9. The van der Waals surface area contributed by atoms with Gasteiger partial charge in [-0.15, -0.1) is 0 Å². The van der Waals surface area contributed by atoms with Crippen LogP contribution >= 0.6 is 0 Å². The number of likely N-dealkylation sites (tertiary alicyclic amines) is 1. The number of phenols is 1. The number of nitrogens with one attached hydrogen (secondary N) is 1. The van der Waals surface area contributed by atoms with Crippen LogP contribution in [0.5, 0.6) is 5.75 Å². The Balaban J connectivity index is 1.35. The largest absolute Gasteiger partial charge is 0.508 e. The number of hydrogen-bond acceptors (Lipinski definition) is 3. The molecule has 3 aromatic carbocycles. The third-order valence-electron chi connectivity index (χ3n) is 5.98. The minimum atomic E-state index is -0.0148. The molecule has 160 valence electrons. The van der Waals surface area contributed by atoms with Crippen molar-refractivity contribution < 1.29 is 9.90 Å². The van der Waals surface area contributed by atoms with E-state index in [1.165, 1.54) is 37.1 Å². The quantitative estimate of drug-likeness (QED) is 0.551. The van der Waals surface area contributed by atoms with Crippen LogP contribution in [0.2, 0.25) is 0 Å². The molecule has 1 saturated heterocycles. The maximum atomic E-state index is 12.4. The first-order valence-electron chi connectivity index (χ1n) is 11.1. The van der Waals surface area contributed by atoms with Crippen molar-refractivity contribution in [3.63, 3.8) is 0 Å². The van der Waals surface area contributed by atoms with E-state index in [0.29, 0.717) is 19.4 Å². The lowest BCUT2D eigenvalue weighted by Gasteiger charge is -2.15. The molecule has 1 aliphatic rings. The smallest absolute Gasteiger partial charge is 0.220 e. The lowest BCUT2D eigenvalue weighted by molar-refractivity contribution is -0.121. The second kappa shape index (κ2) is 10.3. The number of carbonyl (C=O) groups excluding carboxylic acids is 1. The molecule has 4 heteroatoms. The minimum Gasteiger partial charge on any atom is -0.508 e. The molecule has 0 spiro atoms. The van der Waals surface area contributed by atoms with E-state index in [-0.39, 0.29) is 11.7 Å². The molecule has 1 amide bonds. The molecule has 0 saturated carbocycles. The van der Waals surface area contributed by atoms with Gasteiger partial charge < -0.3 is 10.4 Å². The van der Waals surface area contributed by atoms with Gasteiger partial charge in [-0.3, -0.25) is 9.69 Å². The highest BCUT2D eigenvalue weighted by Crippen LogP contribution is 2.25. The van der Waals surface area contributed by atoms with E-state index in [9.17, 15) is 9.90 Å². The molecule has 1 heterocycles. The summed E-state index contributed by atoms with van der Waals surface area (Å²) >= 11 is 0. The van der Waals surface area contributed by atoms with Crippen LogP contribution in [-0.4, -0.2) is 29.0 Å². The highest BCUT2D eigenvalue weighted by Gasteiger charge is 2.12. The van der Waals surface area contributed by atoms with Gasteiger partial charge in [-0.05, 0) is 66.2 Å². The van der Waals surface area contributed by atoms with Gasteiger partial charge in [-0.25, -0.2) is 0 Å². The molecular formula is C27H30N2O2. The number of aryl methyl sites for hydroxylation is 1. The summed E-state index contributed by atoms with van der Waals surface area (Å²) in [7, 11) is 0. The molecule has 0 bridgehead atoms. The Morgan fingerprint density at radius 2 is 1.55 bits per heavy atom. The number of rotatable bonds is 8. The Kier molecular flexibility index (Phi) is 7.00. The number of phenolic OH excluding ortho intramolecular Hbond substituents is 1. The topological polar surface area (TPSA) is 52.6 Å². The average molecular weight is 415 g/mol. The van der Waals surface area contributed by atoms with Crippen LogP contribution in [0.1, 0.15) is 36.0 Å². The van der Waals surface area contributed by atoms with Crippen molar-refractivity contribution in [2.75, 3.05) is 13.1 Å². The fraction of sp³-hybridized carbons (Fsp3) is 0.296. The van der Waals surface area contributed by atoms with Crippen molar-refractivity contribution >= 4 is 5.91 Å². The standard InChI is InChI=1S/C27H30N2O2/c30-26-10-4-2-7-23(26)15-16-27(31)28-19-24-8-1-3-9-25(24)22-13-11-21(12-14-22)20-29-17-5-6-18-29/h1-4,7-14,30H,5-6,15-20H2,(H,28,31). The van der Waals surface area contributed by atoms with Crippen molar-refractivity contribution in [2.24, 2.45) is 0 Å². The third-order valence-corrected chi connectivity index (χ3v) is 5.98. The van der Waals surface area contributed by atoms with E-state index >= 15 is 0 Å². The molecule has 0 aliphatic carbocycles. The van der Waals surface area contributed by atoms with Crippen LogP contribution < -0.4 is 5.32 Å². The predicted octanol–water partition coefficient (Wildman–Crippen LogP) is 4.90. The van der Waals surface area contributed by atoms with Gasteiger partial charge in [0.25, 0.3) is 0 Å². The Hall–Kier alpha value is -3.11. The molecule has 4 nitrogen and oxygen atoms in total. The molecule has 1 fully saturated rings. The van der Waals surface area contributed by atoms with Crippen molar-refractivity contribution in [1.29, 1.82) is 0 Å². The van der Waals surface area contributed by atoms with Gasteiger partial charge in [0.2, 0.25) is 5.91 Å². The summed E-state index contributed by atoms with van der Waals surface area (Å²) in [5, 5.41) is 12.9. The first kappa shape index (κ1) is 21.1. The third kappa shape index (κ3) is 5.74. The normalized spacial score (nSPS) is 13.9. The first-order valence-corrected chi connectivity index (χ1v) is 11.1. The van der Waals surface area contributed by atoms with Gasteiger partial charge in [0.05, 0.1) is 0 Å². The Bertz CT molecular complexity index is 1010. The van der Waals surface area contributed by atoms with E-state index in [0.717, 1.165) is 23.2 Å². The number of aromatic hydroxyl groups is 1. The van der Waals surface area contributed by atoms with E-state index in [1.807, 2.05) is 24.3 Å². The van der Waals surface area contributed by atoms with Crippen molar-refractivity contribution in [1.82, 2.24) is 10.2 Å². The van der Waals surface area contributed by atoms with E-state index in [4.69, 9.17) is 0 Å². The second-order valence-corrected chi connectivity index (χ2v) is 8.24. The van der Waals surface area contributed by atoms with E-state index < -0.39 is 0 Å². The summed E-state index contributed by atoms with van der Waals surface area (Å²) in [6.45, 7) is 3.92. The molecule has 2 N–H and O–H groups in total. The van der Waals surface area contributed by atoms with Crippen molar-refractivity contribution in [3.8, 4) is 16.9 Å². The van der Waals surface area contributed by atoms with Gasteiger partial charge in [-0.1, -0.05) is 66.7 Å². The zero-order valence-electron chi connectivity index (χ0n) is 17.9. The summed E-state index contributed by atoms with van der Waals surface area (Å²) in [5.74, 6) is 0.229. The van der Waals surface area contributed by atoms with E-state index in [2.05, 4.69) is 46.6 Å². The molecule has 0 radical (unpaired) electrons. The minimum absolute atomic E-state index is 0.0148. The lowest BCUT2D eigenvalue weighted by atomic mass is 9.98. The van der Waals surface area contributed by atoms with Crippen molar-refractivity contribution in [2.45, 2.75) is 38.8 Å². The van der Waals surface area contributed by atoms with Crippen LogP contribution in [0.25, 0.3) is 11.1 Å². The Morgan fingerprint density at radius 1 is 0.871 bits per heavy atom. The molecule has 31 heavy (non-hydrogen) atoms. The van der Waals surface area contributed by atoms with Crippen LogP contribution in [0.3, 0.4) is 0 Å². The summed E-state index contributed by atoms with van der Waals surface area (Å²) in [6, 6.07) is 24.2. The fourth-order valence-corrected chi connectivity index (χ4v) is 4.20. The number of nitrogens with zero attached hydrogens (tertiary/aromatic N) is 1. The zero-order chi connectivity index (χ0) is 21.5. The molecule has 3 aromatic rings. The highest BCUT2D eigenvalue weighted by atomic mass is 16.3. The van der Waals surface area contributed by atoms with Crippen LogP contribution in [-0.2, 0) is 24.3 Å². The number of para-hydroxylation sites is 1.